The van der Waals surface area contributed by atoms with Gasteiger partial charge in [-0.2, -0.15) is 14.6 Å². The summed E-state index contributed by atoms with van der Waals surface area (Å²) in [4.78, 5) is 8.45. The highest BCUT2D eigenvalue weighted by Gasteiger charge is 2.12. The number of aryl methyl sites for hydroxylation is 1. The Morgan fingerprint density at radius 3 is 2.86 bits per heavy atom. The molecule has 0 amide bonds. The average molecular weight is 297 g/mol. The Bertz CT molecular complexity index is 741. The molecule has 0 saturated carbocycles. The molecule has 2 aromatic heterocycles. The second-order valence-corrected chi connectivity index (χ2v) is 5.26. The van der Waals surface area contributed by atoms with Gasteiger partial charge in [0.25, 0.3) is 5.78 Å². The second kappa shape index (κ2) is 6.53. The molecule has 2 N–H and O–H groups in total. The van der Waals surface area contributed by atoms with E-state index >= 15 is 0 Å². The third kappa shape index (κ3) is 3.07. The lowest BCUT2D eigenvalue weighted by Gasteiger charge is -2.18. The first-order chi connectivity index (χ1) is 10.8. The van der Waals surface area contributed by atoms with Crippen LogP contribution >= 0.6 is 0 Å². The van der Waals surface area contributed by atoms with Gasteiger partial charge in [0.2, 0.25) is 0 Å². The summed E-state index contributed by atoms with van der Waals surface area (Å²) < 4.78 is 1.69. The molecular formula is C16H19N5O. The van der Waals surface area contributed by atoms with Gasteiger partial charge in [-0.25, -0.2) is 4.98 Å². The molecule has 6 heteroatoms. The van der Waals surface area contributed by atoms with E-state index in [4.69, 9.17) is 0 Å². The summed E-state index contributed by atoms with van der Waals surface area (Å²) in [6.07, 6.45) is 2.21. The van der Waals surface area contributed by atoms with Crippen LogP contribution in [-0.4, -0.2) is 37.8 Å². The molecule has 1 atom stereocenters. The van der Waals surface area contributed by atoms with Gasteiger partial charge in [-0.3, -0.25) is 0 Å². The molecule has 1 aromatic carbocycles. The Morgan fingerprint density at radius 1 is 1.27 bits per heavy atom. The number of hydrogen-bond donors (Lipinski definition) is 2. The van der Waals surface area contributed by atoms with E-state index in [-0.39, 0.29) is 12.5 Å². The lowest BCUT2D eigenvalue weighted by atomic mass is 9.96. The van der Waals surface area contributed by atoms with E-state index in [9.17, 15) is 5.11 Å². The summed E-state index contributed by atoms with van der Waals surface area (Å²) >= 11 is 0. The molecule has 3 aromatic rings. The van der Waals surface area contributed by atoms with Crippen LogP contribution in [0.4, 0.5) is 5.82 Å². The minimum Gasteiger partial charge on any atom is -0.396 e. The number of rotatable bonds is 6. The van der Waals surface area contributed by atoms with Crippen LogP contribution < -0.4 is 5.32 Å². The van der Waals surface area contributed by atoms with E-state index in [1.807, 2.05) is 31.2 Å². The Hall–Kier alpha value is -2.47. The predicted octanol–water partition coefficient (Wildman–Crippen LogP) is 2.01. The fourth-order valence-electron chi connectivity index (χ4n) is 2.55. The molecule has 0 aliphatic carbocycles. The van der Waals surface area contributed by atoms with Crippen molar-refractivity contribution < 1.29 is 5.11 Å². The van der Waals surface area contributed by atoms with E-state index in [0.717, 1.165) is 11.5 Å². The van der Waals surface area contributed by atoms with Crippen molar-refractivity contribution in [3.05, 3.63) is 54.0 Å². The molecule has 22 heavy (non-hydrogen) atoms. The number of anilines is 1. The van der Waals surface area contributed by atoms with E-state index < -0.39 is 0 Å². The Morgan fingerprint density at radius 2 is 2.09 bits per heavy atom. The van der Waals surface area contributed by atoms with Gasteiger partial charge >= 0.3 is 0 Å². The van der Waals surface area contributed by atoms with Gasteiger partial charge in [-0.05, 0) is 18.9 Å². The van der Waals surface area contributed by atoms with Crippen LogP contribution in [0.5, 0.6) is 0 Å². The quantitative estimate of drug-likeness (QED) is 0.728. The van der Waals surface area contributed by atoms with Crippen LogP contribution in [0.2, 0.25) is 0 Å². The maximum atomic E-state index is 9.31. The lowest BCUT2D eigenvalue weighted by Crippen LogP contribution is -2.16. The normalized spacial score (nSPS) is 12.5. The van der Waals surface area contributed by atoms with E-state index in [1.165, 1.54) is 11.9 Å². The summed E-state index contributed by atoms with van der Waals surface area (Å²) in [7, 11) is 0. The Labute approximate surface area is 128 Å². The molecule has 0 bridgehead atoms. The van der Waals surface area contributed by atoms with E-state index in [0.29, 0.717) is 18.7 Å². The van der Waals surface area contributed by atoms with Crippen molar-refractivity contribution in [1.29, 1.82) is 0 Å². The molecule has 0 aliphatic rings. The minimum absolute atomic E-state index is 0.162. The summed E-state index contributed by atoms with van der Waals surface area (Å²) in [5.74, 6) is 1.68. The topological polar surface area (TPSA) is 75.3 Å². The van der Waals surface area contributed by atoms with Crippen molar-refractivity contribution in [2.45, 2.75) is 19.3 Å². The predicted molar refractivity (Wildman–Crippen MR) is 84.9 cm³/mol. The zero-order valence-corrected chi connectivity index (χ0v) is 12.5. The molecule has 2 heterocycles. The Kier molecular flexibility index (Phi) is 4.29. The van der Waals surface area contributed by atoms with Crippen LogP contribution in [-0.2, 0) is 0 Å². The average Bonchev–Trinajstić information content (AvgIpc) is 3.00. The van der Waals surface area contributed by atoms with Crippen LogP contribution in [0.15, 0.2) is 42.7 Å². The fraction of sp³-hybridized carbons (Fsp3) is 0.312. The number of fused-ring (bicyclic) bond motifs is 1. The molecule has 1 unspecified atom stereocenters. The first-order valence-corrected chi connectivity index (χ1v) is 7.35. The number of nitrogens with one attached hydrogen (secondary N) is 1. The third-order valence-electron chi connectivity index (χ3n) is 3.66. The van der Waals surface area contributed by atoms with Crippen LogP contribution in [0, 0.1) is 6.92 Å². The molecule has 0 aliphatic heterocycles. The number of benzene rings is 1. The van der Waals surface area contributed by atoms with Gasteiger partial charge in [0, 0.05) is 30.8 Å². The molecule has 3 rings (SSSR count). The Balaban J connectivity index is 1.80. The molecule has 0 radical (unpaired) electrons. The monoisotopic (exact) mass is 297 g/mol. The van der Waals surface area contributed by atoms with E-state index in [2.05, 4.69) is 32.5 Å². The highest BCUT2D eigenvalue weighted by atomic mass is 16.3. The first kappa shape index (κ1) is 14.5. The van der Waals surface area contributed by atoms with Crippen molar-refractivity contribution >= 4 is 11.6 Å². The maximum Gasteiger partial charge on any atom is 0.254 e. The SMILES string of the molecule is Cc1cc(NCC(CCO)c2ccccc2)n2ncnc2n1. The van der Waals surface area contributed by atoms with Crippen molar-refractivity contribution in [2.75, 3.05) is 18.5 Å². The van der Waals surface area contributed by atoms with Gasteiger partial charge in [0.1, 0.15) is 12.1 Å². The number of aliphatic hydroxyl groups excluding tert-OH is 1. The fourth-order valence-corrected chi connectivity index (χ4v) is 2.55. The molecule has 0 saturated heterocycles. The van der Waals surface area contributed by atoms with Gasteiger partial charge < -0.3 is 10.4 Å². The second-order valence-electron chi connectivity index (χ2n) is 5.26. The highest BCUT2D eigenvalue weighted by molar-refractivity contribution is 5.45. The van der Waals surface area contributed by atoms with Gasteiger partial charge in [0.15, 0.2) is 0 Å². The van der Waals surface area contributed by atoms with Crippen molar-refractivity contribution in [3.63, 3.8) is 0 Å². The molecule has 0 fully saturated rings. The number of hydrogen-bond acceptors (Lipinski definition) is 5. The number of nitrogens with zero attached hydrogens (tertiary/aromatic N) is 4. The zero-order valence-electron chi connectivity index (χ0n) is 12.5. The third-order valence-corrected chi connectivity index (χ3v) is 3.66. The van der Waals surface area contributed by atoms with Gasteiger partial charge in [-0.1, -0.05) is 30.3 Å². The number of aliphatic hydroxyl groups is 1. The van der Waals surface area contributed by atoms with E-state index in [1.54, 1.807) is 4.52 Å². The standard InChI is InChI=1S/C16H19N5O/c1-12-9-15(21-16(20-12)18-11-19-21)17-10-14(7-8-22)13-5-3-2-4-6-13/h2-6,9,11,14,17,22H,7-8,10H2,1H3. The van der Waals surface area contributed by atoms with Gasteiger partial charge in [0.05, 0.1) is 0 Å². The van der Waals surface area contributed by atoms with Crippen molar-refractivity contribution in [1.82, 2.24) is 19.6 Å². The first-order valence-electron chi connectivity index (χ1n) is 7.35. The van der Waals surface area contributed by atoms with Crippen LogP contribution in [0.25, 0.3) is 5.78 Å². The lowest BCUT2D eigenvalue weighted by molar-refractivity contribution is 0.277. The van der Waals surface area contributed by atoms with Crippen molar-refractivity contribution in [3.8, 4) is 0 Å². The summed E-state index contributed by atoms with van der Waals surface area (Å²) in [6.45, 7) is 2.81. The van der Waals surface area contributed by atoms with Crippen molar-refractivity contribution in [2.24, 2.45) is 0 Å². The maximum absolute atomic E-state index is 9.31. The summed E-state index contributed by atoms with van der Waals surface area (Å²) in [6, 6.07) is 12.2. The molecule has 114 valence electrons. The summed E-state index contributed by atoms with van der Waals surface area (Å²) in [5.41, 5.74) is 2.10. The smallest absolute Gasteiger partial charge is 0.254 e. The van der Waals surface area contributed by atoms with Crippen LogP contribution in [0.1, 0.15) is 23.6 Å². The zero-order chi connectivity index (χ0) is 15.4. The number of aromatic nitrogens is 4. The molecule has 6 nitrogen and oxygen atoms in total. The highest BCUT2D eigenvalue weighted by Crippen LogP contribution is 2.20. The molecule has 0 spiro atoms. The van der Waals surface area contributed by atoms with Gasteiger partial charge in [-0.15, -0.1) is 0 Å². The largest absolute Gasteiger partial charge is 0.396 e. The minimum atomic E-state index is 0.162. The van der Waals surface area contributed by atoms with Crippen LogP contribution in [0.3, 0.4) is 0 Å². The summed E-state index contributed by atoms with van der Waals surface area (Å²) in [5, 5.41) is 16.9. The molecular weight excluding hydrogens is 278 g/mol.